The molecule has 3 aliphatic rings. The van der Waals surface area contributed by atoms with Crippen LogP contribution in [-0.2, 0) is 28.7 Å². The predicted octanol–water partition coefficient (Wildman–Crippen LogP) is 4.20. The molecule has 0 aromatic heterocycles. The van der Waals surface area contributed by atoms with Crippen LogP contribution < -0.4 is 28.7 Å². The van der Waals surface area contributed by atoms with Gasteiger partial charge in [-0.25, -0.2) is 9.37 Å². The summed E-state index contributed by atoms with van der Waals surface area (Å²) in [7, 11) is 17.4. The summed E-state index contributed by atoms with van der Waals surface area (Å²) in [4.78, 5) is 46.3. The number of carbonyl (C=O) groups excluding carboxylic acids is 3. The van der Waals surface area contributed by atoms with Crippen molar-refractivity contribution >= 4 is 40.4 Å². The first-order chi connectivity index (χ1) is 25.4. The molecule has 0 spiro atoms. The van der Waals surface area contributed by atoms with Crippen LogP contribution in [0.5, 0.6) is 23.0 Å². The zero-order chi connectivity index (χ0) is 38.6. The van der Waals surface area contributed by atoms with Gasteiger partial charge in [0.2, 0.25) is 5.71 Å². The van der Waals surface area contributed by atoms with Gasteiger partial charge >= 0.3 is 5.97 Å². The van der Waals surface area contributed by atoms with Crippen LogP contribution in [-0.4, -0.2) is 117 Å². The Bertz CT molecular complexity index is 1810. The predicted molar refractivity (Wildman–Crippen MR) is 199 cm³/mol. The van der Waals surface area contributed by atoms with Crippen LogP contribution in [0.4, 0.5) is 11.4 Å². The highest BCUT2D eigenvalue weighted by Gasteiger charge is 2.37. The van der Waals surface area contributed by atoms with E-state index in [-0.39, 0.29) is 12.8 Å². The molecule has 1 aliphatic carbocycles. The first-order valence-electron chi connectivity index (χ1n) is 17.2. The number of benzene rings is 2. The van der Waals surface area contributed by atoms with Gasteiger partial charge in [-0.1, -0.05) is 0 Å². The molecule has 2 aromatic rings. The number of imide groups is 1. The number of rotatable bonds is 12. The van der Waals surface area contributed by atoms with E-state index in [0.717, 1.165) is 17.1 Å². The van der Waals surface area contributed by atoms with E-state index in [9.17, 15) is 14.4 Å². The molecule has 0 saturated carbocycles. The largest absolute Gasteiger partial charge is 0.496 e. The number of hydrogen-bond donors (Lipinski definition) is 0. The van der Waals surface area contributed by atoms with Crippen molar-refractivity contribution in [1.29, 1.82) is 0 Å². The Kier molecular flexibility index (Phi) is 11.9. The minimum absolute atomic E-state index is 0.0469. The maximum atomic E-state index is 12.9. The molecule has 0 atom stereocenters. The molecule has 0 unspecified atom stereocenters. The van der Waals surface area contributed by atoms with E-state index in [0.29, 0.717) is 87.8 Å². The van der Waals surface area contributed by atoms with Crippen molar-refractivity contribution < 1.29 is 52.2 Å². The topological polar surface area (TPSA) is 129 Å². The molecule has 53 heavy (non-hydrogen) atoms. The van der Waals surface area contributed by atoms with E-state index >= 15 is 0 Å². The van der Waals surface area contributed by atoms with Crippen molar-refractivity contribution in [2.45, 2.75) is 25.7 Å². The molecule has 2 aliphatic heterocycles. The van der Waals surface area contributed by atoms with Crippen LogP contribution in [0.3, 0.4) is 0 Å². The van der Waals surface area contributed by atoms with Gasteiger partial charge in [0.1, 0.15) is 48.6 Å². The summed E-state index contributed by atoms with van der Waals surface area (Å²) in [6, 6.07) is 7.72. The Morgan fingerprint density at radius 1 is 0.717 bits per heavy atom. The van der Waals surface area contributed by atoms with Crippen molar-refractivity contribution in [3.8, 4) is 23.0 Å². The van der Waals surface area contributed by atoms with Crippen LogP contribution in [0.2, 0.25) is 0 Å². The monoisotopic (exact) mass is 733 g/mol. The zero-order valence-corrected chi connectivity index (χ0v) is 32.2. The first kappa shape index (κ1) is 38.6. The molecule has 0 radical (unpaired) electrons. The lowest BCUT2D eigenvalue weighted by Crippen LogP contribution is -2.40. The summed E-state index contributed by atoms with van der Waals surface area (Å²) in [6.45, 7) is 1.01. The van der Waals surface area contributed by atoms with Gasteiger partial charge in [0, 0.05) is 81.2 Å². The summed E-state index contributed by atoms with van der Waals surface area (Å²) in [6.07, 6.45) is 4.87. The van der Waals surface area contributed by atoms with Crippen LogP contribution in [0.15, 0.2) is 53.5 Å². The fourth-order valence-corrected chi connectivity index (χ4v) is 6.70. The molecule has 2 aromatic carbocycles. The quantitative estimate of drug-likeness (QED) is 0.229. The number of carbonyl (C=O) groups is 3. The lowest BCUT2D eigenvalue weighted by Gasteiger charge is -2.34. The lowest BCUT2D eigenvalue weighted by atomic mass is 9.86. The lowest BCUT2D eigenvalue weighted by molar-refractivity contribution is -0.462. The number of ether oxygens (including phenoxy) is 6. The number of hydrogen-bond acceptors (Lipinski definition) is 12. The highest BCUT2D eigenvalue weighted by molar-refractivity contribution is 6.07. The number of piperidine rings is 1. The first-order valence-corrected chi connectivity index (χ1v) is 17.2. The van der Waals surface area contributed by atoms with Crippen molar-refractivity contribution in [2.24, 2.45) is 5.92 Å². The number of methoxy groups -OCH3 is 6. The molecule has 0 bridgehead atoms. The maximum Gasteiger partial charge on any atom is 0.336 e. The number of amides is 2. The smallest absolute Gasteiger partial charge is 0.336 e. The maximum absolute atomic E-state index is 12.9. The van der Waals surface area contributed by atoms with E-state index in [4.69, 9.17) is 33.3 Å². The van der Waals surface area contributed by atoms with Gasteiger partial charge in [0.25, 0.3) is 11.8 Å². The molecule has 14 nitrogen and oxygen atoms in total. The van der Waals surface area contributed by atoms with E-state index in [1.54, 1.807) is 42.7 Å². The molecule has 14 heteroatoms. The van der Waals surface area contributed by atoms with Crippen molar-refractivity contribution in [3.05, 3.63) is 64.6 Å². The van der Waals surface area contributed by atoms with E-state index < -0.39 is 23.7 Å². The molecule has 2 amide bonds. The minimum atomic E-state index is -0.579. The van der Waals surface area contributed by atoms with Crippen molar-refractivity contribution in [2.75, 3.05) is 93.7 Å². The summed E-state index contributed by atoms with van der Waals surface area (Å²) >= 11 is 0. The van der Waals surface area contributed by atoms with Crippen LogP contribution in [0.25, 0.3) is 5.57 Å². The van der Waals surface area contributed by atoms with E-state index in [1.165, 1.54) is 0 Å². The van der Waals surface area contributed by atoms with Gasteiger partial charge < -0.3 is 43.1 Å². The number of nitrogens with zero attached hydrogens (tertiary/aromatic N) is 4. The van der Waals surface area contributed by atoms with Gasteiger partial charge in [0.15, 0.2) is 0 Å². The fraction of sp³-hybridized carbons (Fsp3) is 0.436. The third kappa shape index (κ3) is 7.62. The number of anilines is 2. The van der Waals surface area contributed by atoms with Crippen LogP contribution in [0.1, 0.15) is 36.8 Å². The Morgan fingerprint density at radius 2 is 1.17 bits per heavy atom. The average molecular weight is 734 g/mol. The molecular formula is C39H49N4O10+. The molecule has 2 saturated heterocycles. The second-order valence-electron chi connectivity index (χ2n) is 13.1. The Hall–Kier alpha value is -5.66. The fourth-order valence-electron chi connectivity index (χ4n) is 6.70. The van der Waals surface area contributed by atoms with Gasteiger partial charge in [-0.3, -0.25) is 9.59 Å². The normalized spacial score (nSPS) is 16.2. The summed E-state index contributed by atoms with van der Waals surface area (Å²) in [5.41, 5.74) is 4.99. The standard InChI is InChI=1S/C39H49N4O10/c1-40(2)24-17-27(47-5)35(28(18-24)48-6)38(36-29(49-7)19-25(41(3)4)20-30(36)50-8)37-31(51-9)21-26(22-32(37)52-10)42-15-13-23(14-16-42)39(46)53-43-33(44)11-12-34(43)45/h17-23H,11-16H2,1-10H3/q+1. The van der Waals surface area contributed by atoms with E-state index in [1.807, 2.05) is 74.1 Å². The zero-order valence-electron chi connectivity index (χ0n) is 32.2. The third-order valence-corrected chi connectivity index (χ3v) is 9.64. The van der Waals surface area contributed by atoms with Gasteiger partial charge in [0.05, 0.1) is 77.4 Å². The Balaban J connectivity index is 1.67. The van der Waals surface area contributed by atoms with Gasteiger partial charge in [-0.2, -0.15) is 0 Å². The molecule has 0 N–H and O–H groups in total. The molecule has 2 fully saturated rings. The second-order valence-corrected chi connectivity index (χ2v) is 13.1. The summed E-state index contributed by atoms with van der Waals surface area (Å²) < 4.78 is 38.6. The Labute approximate surface area is 310 Å². The Morgan fingerprint density at radius 3 is 1.57 bits per heavy atom. The highest BCUT2D eigenvalue weighted by atomic mass is 16.7. The second kappa shape index (κ2) is 16.3. The number of hydroxylamine groups is 2. The minimum Gasteiger partial charge on any atom is -0.496 e. The number of allylic oxidation sites excluding steroid dienone is 2. The third-order valence-electron chi connectivity index (χ3n) is 9.64. The van der Waals surface area contributed by atoms with E-state index in [2.05, 4.69) is 4.90 Å². The van der Waals surface area contributed by atoms with Crippen molar-refractivity contribution in [3.63, 3.8) is 0 Å². The van der Waals surface area contributed by atoms with Gasteiger partial charge in [-0.15, -0.1) is 5.06 Å². The molecular weight excluding hydrogens is 684 g/mol. The average Bonchev–Trinajstić information content (AvgIpc) is 3.49. The van der Waals surface area contributed by atoms with Crippen molar-refractivity contribution in [1.82, 2.24) is 5.06 Å². The van der Waals surface area contributed by atoms with Crippen LogP contribution in [0, 0.1) is 5.92 Å². The molecule has 5 rings (SSSR count). The molecule has 284 valence electrons. The molecule has 2 heterocycles. The highest BCUT2D eigenvalue weighted by Crippen LogP contribution is 2.51. The van der Waals surface area contributed by atoms with Crippen LogP contribution >= 0.6 is 0 Å². The SMILES string of the molecule is COC1=CC(=[N+](C)C)C=C(OC)C1=C(c1c(OC)cc(N(C)C)cc1OC)c1c(OC)cc(N2CCC(C(=O)ON3C(=O)CCC3=O)CC2)cc1OC. The summed E-state index contributed by atoms with van der Waals surface area (Å²) in [5, 5.41) is 0.604. The van der Waals surface area contributed by atoms with Gasteiger partial charge in [-0.05, 0) is 12.8 Å². The summed E-state index contributed by atoms with van der Waals surface area (Å²) in [5.74, 6) is 1.06.